The molecule has 7 aromatic carbocycles. The van der Waals surface area contributed by atoms with Crippen LogP contribution in [0.1, 0.15) is 0 Å². The fourth-order valence-electron chi connectivity index (χ4n) is 7.89. The molecule has 0 spiro atoms. The molecule has 0 bridgehead atoms. The van der Waals surface area contributed by atoms with E-state index in [1.54, 1.807) is 0 Å². The average Bonchev–Trinajstić information content (AvgIpc) is 3.86. The van der Waals surface area contributed by atoms with Crippen molar-refractivity contribution in [3.8, 4) is 34.0 Å². The number of fused-ring (bicyclic) bond motifs is 9. The molecule has 0 atom stereocenters. The van der Waals surface area contributed by atoms with E-state index in [0.717, 1.165) is 44.6 Å². The molecule has 0 fully saturated rings. The van der Waals surface area contributed by atoms with Crippen LogP contribution in [0, 0.1) is 0 Å². The second-order valence-corrected chi connectivity index (χ2v) is 13.0. The van der Waals surface area contributed by atoms with Gasteiger partial charge in [0.15, 0.2) is 5.82 Å². The van der Waals surface area contributed by atoms with Crippen LogP contribution in [-0.2, 0) is 0 Å². The van der Waals surface area contributed by atoms with Crippen LogP contribution in [-0.4, -0.2) is 19.1 Å². The number of para-hydroxylation sites is 5. The molecule has 0 aliphatic heterocycles. The summed E-state index contributed by atoms with van der Waals surface area (Å²) in [5.41, 5.74) is 11.0. The van der Waals surface area contributed by atoms with Crippen molar-refractivity contribution in [2.75, 3.05) is 0 Å². The molecule has 5 nitrogen and oxygen atoms in total. The van der Waals surface area contributed by atoms with Crippen LogP contribution in [0.3, 0.4) is 0 Å². The summed E-state index contributed by atoms with van der Waals surface area (Å²) in [6.07, 6.45) is 0. The zero-order valence-electron chi connectivity index (χ0n) is 27.4. The van der Waals surface area contributed by atoms with Crippen molar-refractivity contribution in [1.82, 2.24) is 19.1 Å². The average molecular weight is 653 g/mol. The quantitative estimate of drug-likeness (QED) is 0.190. The molecule has 0 aliphatic carbocycles. The molecule has 0 aliphatic rings. The molecule has 0 N–H and O–H groups in total. The summed E-state index contributed by atoms with van der Waals surface area (Å²) < 4.78 is 11.0. The van der Waals surface area contributed by atoms with Crippen molar-refractivity contribution in [2.45, 2.75) is 0 Å². The number of nitrogens with zero attached hydrogens (tertiary/aromatic N) is 4. The molecule has 0 saturated heterocycles. The van der Waals surface area contributed by atoms with E-state index < -0.39 is 0 Å². The number of hydrogen-bond donors (Lipinski definition) is 0. The van der Waals surface area contributed by atoms with Crippen LogP contribution < -0.4 is 0 Å². The summed E-state index contributed by atoms with van der Waals surface area (Å²) in [7, 11) is 0. The Hall–Kier alpha value is -6.98. The molecule has 5 heteroatoms. The minimum absolute atomic E-state index is 0.578. The molecule has 0 saturated carbocycles. The van der Waals surface area contributed by atoms with Crippen LogP contribution in [0.15, 0.2) is 174 Å². The van der Waals surface area contributed by atoms with Gasteiger partial charge in [0.2, 0.25) is 5.71 Å². The molecule has 0 unspecified atom stereocenters. The minimum Gasteiger partial charge on any atom is -0.438 e. The van der Waals surface area contributed by atoms with E-state index >= 15 is 0 Å². The third-order valence-electron chi connectivity index (χ3n) is 10.2. The van der Waals surface area contributed by atoms with Gasteiger partial charge in [0.1, 0.15) is 5.58 Å². The fourth-order valence-corrected chi connectivity index (χ4v) is 7.89. The Morgan fingerprint density at radius 3 is 1.27 bits per heavy atom. The lowest BCUT2D eigenvalue weighted by Gasteiger charge is -2.11. The molecule has 4 heterocycles. The smallest absolute Gasteiger partial charge is 0.231 e. The van der Waals surface area contributed by atoms with Crippen LogP contribution in [0.2, 0.25) is 0 Å². The second-order valence-electron chi connectivity index (χ2n) is 13.0. The minimum atomic E-state index is 0.578. The van der Waals surface area contributed by atoms with E-state index in [2.05, 4.69) is 161 Å². The van der Waals surface area contributed by atoms with Gasteiger partial charge in [-0.1, -0.05) is 103 Å². The van der Waals surface area contributed by atoms with Gasteiger partial charge in [-0.3, -0.25) is 0 Å². The lowest BCUT2D eigenvalue weighted by Crippen LogP contribution is -1.97. The van der Waals surface area contributed by atoms with Crippen molar-refractivity contribution < 1.29 is 4.42 Å². The van der Waals surface area contributed by atoms with Crippen LogP contribution in [0.25, 0.3) is 99.7 Å². The first-order valence-electron chi connectivity index (χ1n) is 17.2. The molecule has 4 aromatic heterocycles. The largest absolute Gasteiger partial charge is 0.438 e. The van der Waals surface area contributed by atoms with Gasteiger partial charge in [0.25, 0.3) is 0 Å². The Morgan fingerprint density at radius 1 is 0.373 bits per heavy atom. The van der Waals surface area contributed by atoms with Gasteiger partial charge in [-0.05, 0) is 66.7 Å². The van der Waals surface area contributed by atoms with E-state index in [1.165, 1.54) is 43.6 Å². The first kappa shape index (κ1) is 27.9. The SMILES string of the molecule is c1ccc2c(c1)oc1nc(-c3ccc(-n4c5ccccc5c5ccccc54)cc3)nc(-c3ccc(-n4c5ccccc5c5ccccc54)cc3)c12. The molecule has 11 aromatic rings. The van der Waals surface area contributed by atoms with Crippen molar-refractivity contribution >= 4 is 65.7 Å². The van der Waals surface area contributed by atoms with E-state index in [9.17, 15) is 0 Å². The van der Waals surface area contributed by atoms with Crippen molar-refractivity contribution in [2.24, 2.45) is 0 Å². The van der Waals surface area contributed by atoms with Crippen LogP contribution >= 0.6 is 0 Å². The lowest BCUT2D eigenvalue weighted by atomic mass is 10.0. The van der Waals surface area contributed by atoms with Crippen molar-refractivity contribution in [3.63, 3.8) is 0 Å². The lowest BCUT2D eigenvalue weighted by molar-refractivity contribution is 0.653. The first-order chi connectivity index (χ1) is 25.3. The molecule has 11 rings (SSSR count). The maximum Gasteiger partial charge on any atom is 0.231 e. The monoisotopic (exact) mass is 652 g/mol. The van der Waals surface area contributed by atoms with Gasteiger partial charge < -0.3 is 13.6 Å². The van der Waals surface area contributed by atoms with Gasteiger partial charge in [-0.25, -0.2) is 4.98 Å². The zero-order valence-corrected chi connectivity index (χ0v) is 27.4. The van der Waals surface area contributed by atoms with E-state index in [1.807, 2.05) is 18.2 Å². The second kappa shape index (κ2) is 10.8. The molecule has 238 valence electrons. The zero-order chi connectivity index (χ0) is 33.5. The van der Waals surface area contributed by atoms with Gasteiger partial charge in [-0.15, -0.1) is 0 Å². The first-order valence-corrected chi connectivity index (χ1v) is 17.2. The Balaban J connectivity index is 1.06. The maximum absolute atomic E-state index is 6.38. The van der Waals surface area contributed by atoms with E-state index in [-0.39, 0.29) is 0 Å². The van der Waals surface area contributed by atoms with Gasteiger partial charge in [0.05, 0.1) is 33.1 Å². The normalized spacial score (nSPS) is 11.9. The standard InChI is InChI=1S/C46H28N4O/c1-6-16-38-33(11-1)34-12-2-7-17-39(34)49(38)31-25-21-29(22-26-31)44-43-37-15-5-10-20-42(37)51-46(43)48-45(47-44)30-23-27-32(28-24-30)50-40-18-8-3-13-35(40)36-14-4-9-19-41(36)50/h1-28H. The predicted molar refractivity (Wildman–Crippen MR) is 209 cm³/mol. The fraction of sp³-hybridized carbons (Fsp3) is 0. The molecule has 51 heavy (non-hydrogen) atoms. The van der Waals surface area contributed by atoms with Crippen molar-refractivity contribution in [1.29, 1.82) is 0 Å². The van der Waals surface area contributed by atoms with Crippen LogP contribution in [0.4, 0.5) is 0 Å². The molecule has 0 radical (unpaired) electrons. The number of aromatic nitrogens is 4. The summed E-state index contributed by atoms with van der Waals surface area (Å²) in [5, 5.41) is 6.89. The van der Waals surface area contributed by atoms with Gasteiger partial charge >= 0.3 is 0 Å². The molecule has 0 amide bonds. The number of furan rings is 1. The highest BCUT2D eigenvalue weighted by Crippen LogP contribution is 2.38. The predicted octanol–water partition coefficient (Wildman–Crippen LogP) is 11.9. The molecular weight excluding hydrogens is 625 g/mol. The highest BCUT2D eigenvalue weighted by atomic mass is 16.3. The summed E-state index contributed by atoms with van der Waals surface area (Å²) in [5.74, 6) is 0.622. The Kier molecular flexibility index (Phi) is 5.89. The molecular formula is C46H28N4O. The summed E-state index contributed by atoms with van der Waals surface area (Å²) in [6, 6.07) is 59.6. The van der Waals surface area contributed by atoms with E-state index in [0.29, 0.717) is 11.5 Å². The van der Waals surface area contributed by atoms with Gasteiger partial charge in [0, 0.05) is 49.4 Å². The highest BCUT2D eigenvalue weighted by molar-refractivity contribution is 6.12. The van der Waals surface area contributed by atoms with Crippen LogP contribution in [0.5, 0.6) is 0 Å². The summed E-state index contributed by atoms with van der Waals surface area (Å²) in [4.78, 5) is 10.3. The Bertz CT molecular complexity index is 3020. The van der Waals surface area contributed by atoms with Gasteiger partial charge in [-0.2, -0.15) is 4.98 Å². The number of hydrogen-bond acceptors (Lipinski definition) is 3. The Labute approximate surface area is 292 Å². The topological polar surface area (TPSA) is 48.8 Å². The summed E-state index contributed by atoms with van der Waals surface area (Å²) >= 11 is 0. The summed E-state index contributed by atoms with van der Waals surface area (Å²) in [6.45, 7) is 0. The maximum atomic E-state index is 6.38. The third kappa shape index (κ3) is 4.15. The van der Waals surface area contributed by atoms with Crippen molar-refractivity contribution in [3.05, 3.63) is 170 Å². The third-order valence-corrected chi connectivity index (χ3v) is 10.2. The Morgan fingerprint density at radius 2 is 0.784 bits per heavy atom. The number of benzene rings is 7. The number of rotatable bonds is 4. The highest BCUT2D eigenvalue weighted by Gasteiger charge is 2.19. The van der Waals surface area contributed by atoms with E-state index in [4.69, 9.17) is 14.4 Å².